The van der Waals surface area contributed by atoms with E-state index in [-0.39, 0.29) is 12.6 Å². The number of hydrogen-bond donors (Lipinski definition) is 2. The molecule has 0 bridgehead atoms. The van der Waals surface area contributed by atoms with Gasteiger partial charge in [0.2, 0.25) is 0 Å². The minimum Gasteiger partial charge on any atom is -0.480 e. The summed E-state index contributed by atoms with van der Waals surface area (Å²) < 4.78 is 0. The van der Waals surface area contributed by atoms with Crippen LogP contribution in [0.5, 0.6) is 0 Å². The summed E-state index contributed by atoms with van der Waals surface area (Å²) in [6.07, 6.45) is 1.20. The molecule has 0 spiro atoms. The number of benzene rings is 1. The van der Waals surface area contributed by atoms with Crippen molar-refractivity contribution in [1.82, 2.24) is 4.90 Å². The van der Waals surface area contributed by atoms with Crippen molar-refractivity contribution in [2.24, 2.45) is 0 Å². The van der Waals surface area contributed by atoms with Gasteiger partial charge in [0.25, 0.3) is 0 Å². The Hall–Kier alpha value is -1.39. The Balaban J connectivity index is 2.08. The number of aliphatic hydroxyl groups excluding tert-OH is 1. The van der Waals surface area contributed by atoms with Gasteiger partial charge < -0.3 is 10.2 Å². The Morgan fingerprint density at radius 2 is 2.12 bits per heavy atom. The molecule has 2 N–H and O–H groups in total. The average molecular weight is 235 g/mol. The second-order valence-corrected chi connectivity index (χ2v) is 4.43. The lowest BCUT2D eigenvalue weighted by Crippen LogP contribution is -2.38. The summed E-state index contributed by atoms with van der Waals surface area (Å²) >= 11 is 0. The van der Waals surface area contributed by atoms with Gasteiger partial charge in [-0.15, -0.1) is 0 Å². The topological polar surface area (TPSA) is 60.8 Å². The van der Waals surface area contributed by atoms with Gasteiger partial charge in [0.15, 0.2) is 0 Å². The minimum absolute atomic E-state index is 0.00849. The van der Waals surface area contributed by atoms with Crippen LogP contribution in [0.3, 0.4) is 0 Å². The molecule has 0 radical (unpaired) electrons. The zero-order valence-electron chi connectivity index (χ0n) is 9.62. The van der Waals surface area contributed by atoms with Gasteiger partial charge in [-0.05, 0) is 24.9 Å². The van der Waals surface area contributed by atoms with Gasteiger partial charge >= 0.3 is 5.97 Å². The highest BCUT2D eigenvalue weighted by atomic mass is 16.4. The van der Waals surface area contributed by atoms with Crippen molar-refractivity contribution in [3.63, 3.8) is 0 Å². The predicted octanol–water partition coefficient (Wildman–Crippen LogP) is 1.27. The molecule has 1 fully saturated rings. The summed E-state index contributed by atoms with van der Waals surface area (Å²) in [5.74, 6) is -0.836. The van der Waals surface area contributed by atoms with E-state index in [1.165, 1.54) is 0 Å². The molecule has 2 rings (SSSR count). The number of rotatable bonds is 4. The number of aliphatic carboxylic acids is 1. The van der Waals surface area contributed by atoms with Crippen LogP contribution in [0.2, 0.25) is 0 Å². The number of hydrogen-bond acceptors (Lipinski definition) is 3. The third kappa shape index (κ3) is 2.84. The van der Waals surface area contributed by atoms with E-state index in [9.17, 15) is 9.90 Å². The van der Waals surface area contributed by atoms with E-state index in [0.29, 0.717) is 0 Å². The standard InChI is InChI=1S/C13H17NO3/c15-12(16)9-14-8-4-7-11(14)13(17)10-5-2-1-3-6-10/h1-3,5-6,11,13,17H,4,7-9H2,(H,15,16)/t11-,13?/m1/s1. The Morgan fingerprint density at radius 1 is 1.41 bits per heavy atom. The normalized spacial score (nSPS) is 22.5. The Kier molecular flexibility index (Phi) is 3.76. The van der Waals surface area contributed by atoms with Crippen LogP contribution in [0.15, 0.2) is 30.3 Å². The van der Waals surface area contributed by atoms with Crippen LogP contribution in [0, 0.1) is 0 Å². The van der Waals surface area contributed by atoms with E-state index in [2.05, 4.69) is 0 Å². The number of carboxylic acid groups (broad SMARTS) is 1. The fourth-order valence-corrected chi connectivity index (χ4v) is 2.45. The van der Waals surface area contributed by atoms with E-state index in [1.54, 1.807) is 0 Å². The second kappa shape index (κ2) is 5.29. The molecule has 1 aliphatic heterocycles. The first-order valence-corrected chi connectivity index (χ1v) is 5.87. The van der Waals surface area contributed by atoms with Crippen molar-refractivity contribution in [1.29, 1.82) is 0 Å². The van der Waals surface area contributed by atoms with Crippen LogP contribution in [-0.2, 0) is 4.79 Å². The van der Waals surface area contributed by atoms with Crippen LogP contribution in [0.25, 0.3) is 0 Å². The maximum atomic E-state index is 10.7. The molecule has 1 heterocycles. The maximum Gasteiger partial charge on any atom is 0.317 e. The molecule has 0 aromatic heterocycles. The fourth-order valence-electron chi connectivity index (χ4n) is 2.45. The molecule has 1 unspecified atom stereocenters. The van der Waals surface area contributed by atoms with E-state index in [1.807, 2.05) is 35.2 Å². The first kappa shape index (κ1) is 12.1. The molecular weight excluding hydrogens is 218 g/mol. The van der Waals surface area contributed by atoms with Gasteiger partial charge in [-0.1, -0.05) is 30.3 Å². The van der Waals surface area contributed by atoms with Crippen molar-refractivity contribution < 1.29 is 15.0 Å². The van der Waals surface area contributed by atoms with Crippen molar-refractivity contribution in [3.05, 3.63) is 35.9 Å². The molecule has 1 aromatic carbocycles. The lowest BCUT2D eigenvalue weighted by Gasteiger charge is -2.27. The summed E-state index contributed by atoms with van der Waals surface area (Å²) in [6, 6.07) is 9.35. The fraction of sp³-hybridized carbons (Fsp3) is 0.462. The molecule has 4 nitrogen and oxygen atoms in total. The minimum atomic E-state index is -0.836. The van der Waals surface area contributed by atoms with Crippen LogP contribution < -0.4 is 0 Å². The van der Waals surface area contributed by atoms with Crippen LogP contribution in [-0.4, -0.2) is 40.2 Å². The SMILES string of the molecule is O=C(O)CN1CCC[C@@H]1C(O)c1ccccc1. The molecule has 1 saturated heterocycles. The highest BCUT2D eigenvalue weighted by Crippen LogP contribution is 2.28. The van der Waals surface area contributed by atoms with Gasteiger partial charge in [-0.3, -0.25) is 9.69 Å². The molecule has 2 atom stereocenters. The number of nitrogens with zero attached hydrogens (tertiary/aromatic N) is 1. The van der Waals surface area contributed by atoms with Crippen molar-refractivity contribution in [2.45, 2.75) is 25.0 Å². The van der Waals surface area contributed by atoms with Gasteiger partial charge in [-0.2, -0.15) is 0 Å². The summed E-state index contributed by atoms with van der Waals surface area (Å²) in [5, 5.41) is 19.1. The molecule has 0 aliphatic carbocycles. The van der Waals surface area contributed by atoms with E-state index in [0.717, 1.165) is 24.9 Å². The van der Waals surface area contributed by atoms with E-state index < -0.39 is 12.1 Å². The average Bonchev–Trinajstić information content (AvgIpc) is 2.76. The van der Waals surface area contributed by atoms with Crippen LogP contribution >= 0.6 is 0 Å². The van der Waals surface area contributed by atoms with Gasteiger partial charge in [0, 0.05) is 6.04 Å². The third-order valence-electron chi connectivity index (χ3n) is 3.26. The molecule has 1 aliphatic rings. The highest BCUT2D eigenvalue weighted by Gasteiger charge is 2.32. The van der Waals surface area contributed by atoms with Gasteiger partial charge in [0.1, 0.15) is 0 Å². The second-order valence-electron chi connectivity index (χ2n) is 4.43. The number of likely N-dealkylation sites (tertiary alicyclic amines) is 1. The van der Waals surface area contributed by atoms with Crippen LogP contribution in [0.1, 0.15) is 24.5 Å². The first-order chi connectivity index (χ1) is 8.18. The number of carbonyl (C=O) groups is 1. The van der Waals surface area contributed by atoms with E-state index >= 15 is 0 Å². The van der Waals surface area contributed by atoms with Crippen molar-refractivity contribution in [2.75, 3.05) is 13.1 Å². The van der Waals surface area contributed by atoms with Crippen LogP contribution in [0.4, 0.5) is 0 Å². The van der Waals surface area contributed by atoms with Gasteiger partial charge in [0.05, 0.1) is 12.6 Å². The first-order valence-electron chi connectivity index (χ1n) is 5.87. The molecule has 17 heavy (non-hydrogen) atoms. The zero-order chi connectivity index (χ0) is 12.3. The quantitative estimate of drug-likeness (QED) is 0.825. The molecule has 0 saturated carbocycles. The van der Waals surface area contributed by atoms with Gasteiger partial charge in [-0.25, -0.2) is 0 Å². The predicted molar refractivity (Wildman–Crippen MR) is 63.6 cm³/mol. The molecule has 1 aromatic rings. The molecular formula is C13H17NO3. The van der Waals surface area contributed by atoms with Crippen molar-refractivity contribution in [3.8, 4) is 0 Å². The monoisotopic (exact) mass is 235 g/mol. The third-order valence-corrected chi connectivity index (χ3v) is 3.26. The molecule has 92 valence electrons. The van der Waals surface area contributed by atoms with Crippen molar-refractivity contribution >= 4 is 5.97 Å². The summed E-state index contributed by atoms with van der Waals surface area (Å²) in [4.78, 5) is 12.6. The van der Waals surface area contributed by atoms with E-state index in [4.69, 9.17) is 5.11 Å². The smallest absolute Gasteiger partial charge is 0.317 e. The zero-order valence-corrected chi connectivity index (χ0v) is 9.62. The number of aliphatic hydroxyl groups is 1. The summed E-state index contributed by atoms with van der Waals surface area (Å²) in [6.45, 7) is 0.759. The lowest BCUT2D eigenvalue weighted by atomic mass is 10.0. The summed E-state index contributed by atoms with van der Waals surface area (Å²) in [7, 11) is 0. The summed E-state index contributed by atoms with van der Waals surface area (Å²) in [5.41, 5.74) is 0.856. The molecule has 0 amide bonds. The maximum absolute atomic E-state index is 10.7. The Labute approximate surface area is 100 Å². The molecule has 4 heteroatoms. The Morgan fingerprint density at radius 3 is 2.76 bits per heavy atom. The largest absolute Gasteiger partial charge is 0.480 e. The highest BCUT2D eigenvalue weighted by molar-refractivity contribution is 5.69. The lowest BCUT2D eigenvalue weighted by molar-refractivity contribution is -0.139. The number of carboxylic acids is 1. The Bertz CT molecular complexity index is 380.